The van der Waals surface area contributed by atoms with Crippen LogP contribution in [0.3, 0.4) is 0 Å². The Morgan fingerprint density at radius 3 is 2.12 bits per heavy atom. The molecule has 1 N–H and O–H groups in total. The highest BCUT2D eigenvalue weighted by Gasteiger charge is 2.36. The van der Waals surface area contributed by atoms with Gasteiger partial charge in [0, 0.05) is 19.1 Å². The molecule has 1 saturated heterocycles. The van der Waals surface area contributed by atoms with Gasteiger partial charge in [-0.3, -0.25) is 0 Å². The maximum Gasteiger partial charge on any atom is 0.410 e. The minimum absolute atomic E-state index is 0.198. The lowest BCUT2D eigenvalue weighted by Crippen LogP contribution is -2.45. The van der Waals surface area contributed by atoms with Crippen molar-refractivity contribution in [3.05, 3.63) is 0 Å². The van der Waals surface area contributed by atoms with E-state index in [1.165, 1.54) is 12.8 Å². The summed E-state index contributed by atoms with van der Waals surface area (Å²) in [6, 6.07) is 0.345. The number of rotatable bonds is 5. The van der Waals surface area contributed by atoms with Crippen LogP contribution in [0.4, 0.5) is 4.79 Å². The Morgan fingerprint density at radius 1 is 1.12 bits per heavy atom. The van der Waals surface area contributed by atoms with Crippen molar-refractivity contribution < 1.29 is 13.7 Å². The minimum Gasteiger partial charge on any atom is -0.444 e. The van der Waals surface area contributed by atoms with E-state index in [2.05, 4.69) is 4.72 Å². The summed E-state index contributed by atoms with van der Waals surface area (Å²) in [6.45, 7) is 13.3. The van der Waals surface area contributed by atoms with E-state index in [0.717, 1.165) is 32.4 Å². The number of likely N-dealkylation sites (tertiary alicyclic amines) is 1. The highest BCUT2D eigenvalue weighted by atomic mass is 32.2. The van der Waals surface area contributed by atoms with Crippen LogP contribution in [0.2, 0.25) is 0 Å². The summed E-state index contributed by atoms with van der Waals surface area (Å²) in [6.07, 6.45) is 5.37. The van der Waals surface area contributed by atoms with Crippen molar-refractivity contribution in [3.63, 3.8) is 0 Å². The van der Waals surface area contributed by atoms with Crippen molar-refractivity contribution in [1.82, 2.24) is 9.62 Å². The molecular weight excluding hydrogens is 336 g/mol. The van der Waals surface area contributed by atoms with Gasteiger partial charge in [0.05, 0.1) is 15.7 Å². The fourth-order valence-electron chi connectivity index (χ4n) is 3.19. The van der Waals surface area contributed by atoms with E-state index in [4.69, 9.17) is 4.74 Å². The van der Waals surface area contributed by atoms with E-state index in [9.17, 15) is 9.00 Å². The number of nitrogens with one attached hydrogen (secondary N) is 1. The zero-order valence-corrected chi connectivity index (χ0v) is 17.6. The summed E-state index contributed by atoms with van der Waals surface area (Å²) in [7, 11) is -1.01. The van der Waals surface area contributed by atoms with Crippen LogP contribution >= 0.6 is 0 Å². The first-order valence-electron chi connectivity index (χ1n) is 9.61. The van der Waals surface area contributed by atoms with Gasteiger partial charge in [-0.25, -0.2) is 13.7 Å². The highest BCUT2D eigenvalue weighted by Crippen LogP contribution is 2.37. The summed E-state index contributed by atoms with van der Waals surface area (Å²) < 4.78 is 21.1. The van der Waals surface area contributed by atoms with Crippen LogP contribution in [0.15, 0.2) is 0 Å². The number of carbonyl (C=O) groups excluding carboxylic acids is 1. The van der Waals surface area contributed by atoms with Crippen molar-refractivity contribution in [2.24, 2.45) is 11.8 Å². The summed E-state index contributed by atoms with van der Waals surface area (Å²) in [5.41, 5.74) is -0.439. The summed E-state index contributed by atoms with van der Waals surface area (Å²) in [5.74, 6) is 1.27. The molecule has 146 valence electrons. The number of nitrogens with zero attached hydrogens (tertiary/aromatic N) is 1. The molecule has 0 spiro atoms. The Bertz CT molecular complexity index is 484. The van der Waals surface area contributed by atoms with Crippen molar-refractivity contribution in [2.75, 3.05) is 13.1 Å². The van der Waals surface area contributed by atoms with Crippen LogP contribution in [0.5, 0.6) is 0 Å². The molecule has 1 heterocycles. The topological polar surface area (TPSA) is 58.6 Å². The molecule has 1 aliphatic heterocycles. The van der Waals surface area contributed by atoms with Gasteiger partial charge in [-0.05, 0) is 85.5 Å². The third-order valence-electron chi connectivity index (χ3n) is 4.86. The van der Waals surface area contributed by atoms with Crippen molar-refractivity contribution in [1.29, 1.82) is 0 Å². The molecule has 1 saturated carbocycles. The van der Waals surface area contributed by atoms with Gasteiger partial charge >= 0.3 is 6.09 Å². The molecule has 0 radical (unpaired) electrons. The van der Waals surface area contributed by atoms with E-state index < -0.39 is 16.6 Å². The van der Waals surface area contributed by atoms with Crippen LogP contribution in [-0.4, -0.2) is 44.7 Å². The summed E-state index contributed by atoms with van der Waals surface area (Å²) >= 11 is 0. The maximum atomic E-state index is 12.5. The summed E-state index contributed by atoms with van der Waals surface area (Å²) in [5, 5.41) is 0. The quantitative estimate of drug-likeness (QED) is 0.797. The third kappa shape index (κ3) is 6.89. The zero-order chi connectivity index (χ0) is 18.8. The first-order chi connectivity index (χ1) is 11.5. The molecular formula is C19H36N2O3S. The largest absolute Gasteiger partial charge is 0.444 e. The van der Waals surface area contributed by atoms with Gasteiger partial charge in [0.15, 0.2) is 0 Å². The Labute approximate surface area is 155 Å². The molecule has 5 nitrogen and oxygen atoms in total. The lowest BCUT2D eigenvalue weighted by Gasteiger charge is -2.35. The molecule has 1 amide bonds. The fraction of sp³-hybridized carbons (Fsp3) is 0.947. The molecule has 0 unspecified atom stereocenters. The van der Waals surface area contributed by atoms with Gasteiger partial charge in [0.2, 0.25) is 0 Å². The second-order valence-corrected chi connectivity index (χ2v) is 11.6. The van der Waals surface area contributed by atoms with Gasteiger partial charge in [-0.2, -0.15) is 0 Å². The Balaban J connectivity index is 1.81. The number of piperidine rings is 1. The molecule has 2 atom stereocenters. The molecule has 0 aromatic heterocycles. The molecule has 6 heteroatoms. The van der Waals surface area contributed by atoms with Gasteiger partial charge in [0.25, 0.3) is 0 Å². The molecule has 0 aromatic carbocycles. The normalized spacial score (nSPS) is 22.6. The highest BCUT2D eigenvalue weighted by molar-refractivity contribution is 7.84. The molecule has 0 aromatic rings. The predicted octanol–water partition coefficient (Wildman–Crippen LogP) is 3.85. The summed E-state index contributed by atoms with van der Waals surface area (Å²) in [4.78, 5) is 14.0. The third-order valence-corrected chi connectivity index (χ3v) is 6.49. The molecule has 2 fully saturated rings. The van der Waals surface area contributed by atoms with Crippen molar-refractivity contribution in [3.8, 4) is 0 Å². The standard InChI is InChI=1S/C19H36N2O3S/c1-18(2,3)24-17(22)21-11-9-14(10-12-21)13-16(15-7-8-15)20-25(23)19(4,5)6/h14-16,20H,7-13H2,1-6H3/t16-,25+/m0/s1. The van der Waals surface area contributed by atoms with E-state index >= 15 is 0 Å². The van der Waals surface area contributed by atoms with E-state index in [1.807, 2.05) is 46.4 Å². The maximum absolute atomic E-state index is 12.5. The first-order valence-corrected chi connectivity index (χ1v) is 10.8. The van der Waals surface area contributed by atoms with E-state index in [1.54, 1.807) is 0 Å². The van der Waals surface area contributed by atoms with Crippen molar-refractivity contribution in [2.45, 2.75) is 90.0 Å². The van der Waals surface area contributed by atoms with Crippen LogP contribution in [-0.2, 0) is 15.7 Å². The molecule has 2 rings (SSSR count). The predicted molar refractivity (Wildman–Crippen MR) is 103 cm³/mol. The average molecular weight is 373 g/mol. The molecule has 0 bridgehead atoms. The number of carbonyl (C=O) groups is 1. The van der Waals surface area contributed by atoms with Gasteiger partial charge in [-0.1, -0.05) is 0 Å². The lowest BCUT2D eigenvalue weighted by molar-refractivity contribution is 0.0178. The number of hydrogen-bond donors (Lipinski definition) is 1. The zero-order valence-electron chi connectivity index (χ0n) is 16.8. The fourth-order valence-corrected chi connectivity index (χ4v) is 4.10. The van der Waals surface area contributed by atoms with Crippen LogP contribution in [0.1, 0.15) is 73.6 Å². The van der Waals surface area contributed by atoms with Crippen LogP contribution in [0, 0.1) is 11.8 Å². The van der Waals surface area contributed by atoms with Gasteiger partial charge in [0.1, 0.15) is 5.60 Å². The Hall–Kier alpha value is -0.620. The van der Waals surface area contributed by atoms with Crippen molar-refractivity contribution >= 4 is 17.1 Å². The second-order valence-electron chi connectivity index (χ2n) is 9.59. The number of hydrogen-bond acceptors (Lipinski definition) is 3. The second kappa shape index (κ2) is 7.95. The van der Waals surface area contributed by atoms with Gasteiger partial charge < -0.3 is 9.64 Å². The first kappa shape index (κ1) is 20.7. The van der Waals surface area contributed by atoms with E-state index in [0.29, 0.717) is 17.9 Å². The Morgan fingerprint density at radius 2 is 1.68 bits per heavy atom. The van der Waals surface area contributed by atoms with Crippen LogP contribution in [0.25, 0.3) is 0 Å². The minimum atomic E-state index is -1.01. The lowest BCUT2D eigenvalue weighted by atomic mass is 9.89. The monoisotopic (exact) mass is 372 g/mol. The van der Waals surface area contributed by atoms with Gasteiger partial charge in [-0.15, -0.1) is 0 Å². The molecule has 2 aliphatic rings. The molecule has 1 aliphatic carbocycles. The average Bonchev–Trinajstić information content (AvgIpc) is 3.29. The molecule has 25 heavy (non-hydrogen) atoms. The number of amides is 1. The van der Waals surface area contributed by atoms with E-state index in [-0.39, 0.29) is 10.8 Å². The SMILES string of the molecule is CC(C)(C)OC(=O)N1CCC(C[C@H](N[S@](=O)C(C)(C)C)C2CC2)CC1. The van der Waals surface area contributed by atoms with Crippen LogP contribution < -0.4 is 4.72 Å². The number of ether oxygens (including phenoxy) is 1. The smallest absolute Gasteiger partial charge is 0.410 e. The Kier molecular flexibility index (Phi) is 6.58.